The van der Waals surface area contributed by atoms with Crippen molar-refractivity contribution in [2.75, 3.05) is 45.8 Å². The van der Waals surface area contributed by atoms with Gasteiger partial charge in [-0.3, -0.25) is 9.79 Å². The predicted octanol–water partition coefficient (Wildman–Crippen LogP) is 2.03. The molecule has 2 unspecified atom stereocenters. The van der Waals surface area contributed by atoms with E-state index in [0.717, 1.165) is 71.0 Å². The summed E-state index contributed by atoms with van der Waals surface area (Å²) in [5.74, 6) is 1.49. The van der Waals surface area contributed by atoms with Crippen LogP contribution in [0.4, 0.5) is 0 Å². The second-order valence-electron chi connectivity index (χ2n) is 7.97. The summed E-state index contributed by atoms with van der Waals surface area (Å²) in [7, 11) is 0. The molecule has 28 heavy (non-hydrogen) atoms. The minimum atomic E-state index is -0.154. The molecular formula is C22H35N5O. The van der Waals surface area contributed by atoms with Gasteiger partial charge in [-0.1, -0.05) is 30.3 Å². The lowest BCUT2D eigenvalue weighted by Gasteiger charge is -2.30. The normalized spacial score (nSPS) is 23.8. The first-order chi connectivity index (χ1) is 13.7. The zero-order valence-corrected chi connectivity index (χ0v) is 17.1. The van der Waals surface area contributed by atoms with Crippen LogP contribution in [0.3, 0.4) is 0 Å². The van der Waals surface area contributed by atoms with Gasteiger partial charge < -0.3 is 20.9 Å². The largest absolute Gasteiger partial charge is 0.369 e. The third kappa shape index (κ3) is 5.71. The van der Waals surface area contributed by atoms with Crippen LogP contribution >= 0.6 is 0 Å². The van der Waals surface area contributed by atoms with E-state index in [4.69, 9.17) is 10.7 Å². The summed E-state index contributed by atoms with van der Waals surface area (Å²) < 4.78 is 0. The van der Waals surface area contributed by atoms with E-state index < -0.39 is 0 Å². The molecule has 2 fully saturated rings. The number of hydrogen-bond donors (Lipinski definition) is 2. The molecule has 0 radical (unpaired) electrons. The van der Waals surface area contributed by atoms with Crippen molar-refractivity contribution in [3.05, 3.63) is 35.9 Å². The van der Waals surface area contributed by atoms with Gasteiger partial charge >= 0.3 is 0 Å². The predicted molar refractivity (Wildman–Crippen MR) is 114 cm³/mol. The Hall–Kier alpha value is -2.08. The van der Waals surface area contributed by atoms with Gasteiger partial charge in [0.15, 0.2) is 5.96 Å². The number of piperidine rings is 1. The molecule has 6 nitrogen and oxygen atoms in total. The smallest absolute Gasteiger partial charge is 0.221 e. The molecule has 3 N–H and O–H groups in total. The molecule has 2 aliphatic heterocycles. The number of carbonyl (C=O) groups excluding carboxylic acids is 1. The number of carbonyl (C=O) groups is 1. The van der Waals surface area contributed by atoms with Gasteiger partial charge in [-0.2, -0.15) is 0 Å². The van der Waals surface area contributed by atoms with Crippen LogP contribution < -0.4 is 11.1 Å². The van der Waals surface area contributed by atoms with Crippen LogP contribution in [0, 0.1) is 5.92 Å². The van der Waals surface area contributed by atoms with E-state index in [1.165, 1.54) is 12.0 Å². The molecule has 6 heteroatoms. The lowest BCUT2D eigenvalue weighted by atomic mass is 9.97. The van der Waals surface area contributed by atoms with Gasteiger partial charge in [0.1, 0.15) is 0 Å². The Morgan fingerprint density at radius 1 is 1.21 bits per heavy atom. The van der Waals surface area contributed by atoms with Crippen LogP contribution in [0.15, 0.2) is 35.3 Å². The molecule has 2 atom stereocenters. The van der Waals surface area contributed by atoms with Crippen LogP contribution in [0.2, 0.25) is 0 Å². The molecular weight excluding hydrogens is 350 g/mol. The van der Waals surface area contributed by atoms with E-state index in [1.807, 2.05) is 0 Å². The minimum Gasteiger partial charge on any atom is -0.369 e. The fourth-order valence-electron chi connectivity index (χ4n) is 4.35. The number of primary amides is 1. The van der Waals surface area contributed by atoms with Crippen LogP contribution in [0.25, 0.3) is 0 Å². The zero-order valence-electron chi connectivity index (χ0n) is 17.1. The SMILES string of the molecule is CCNC(=NCCCN1CCCC(C(N)=O)C1)N1CCC(c2ccccc2)C1. The summed E-state index contributed by atoms with van der Waals surface area (Å²) in [6.45, 7) is 8.77. The Morgan fingerprint density at radius 2 is 2.04 bits per heavy atom. The number of aliphatic imine (C=N–C) groups is 1. The summed E-state index contributed by atoms with van der Waals surface area (Å²) >= 11 is 0. The van der Waals surface area contributed by atoms with E-state index in [2.05, 4.69) is 52.4 Å². The molecule has 154 valence electrons. The number of nitrogens with zero attached hydrogens (tertiary/aromatic N) is 3. The molecule has 2 aliphatic rings. The topological polar surface area (TPSA) is 74.0 Å². The minimum absolute atomic E-state index is 0.0223. The lowest BCUT2D eigenvalue weighted by molar-refractivity contribution is -0.123. The van der Waals surface area contributed by atoms with Crippen molar-refractivity contribution in [2.45, 2.75) is 38.5 Å². The monoisotopic (exact) mass is 385 g/mol. The highest BCUT2D eigenvalue weighted by atomic mass is 16.1. The summed E-state index contributed by atoms with van der Waals surface area (Å²) in [6.07, 6.45) is 4.19. The molecule has 0 aliphatic carbocycles. The van der Waals surface area contributed by atoms with Gasteiger partial charge in [-0.25, -0.2) is 0 Å². The van der Waals surface area contributed by atoms with Crippen molar-refractivity contribution < 1.29 is 4.79 Å². The van der Waals surface area contributed by atoms with Gasteiger partial charge in [0.25, 0.3) is 0 Å². The van der Waals surface area contributed by atoms with Crippen molar-refractivity contribution in [1.82, 2.24) is 15.1 Å². The second-order valence-corrected chi connectivity index (χ2v) is 7.97. The van der Waals surface area contributed by atoms with Crippen molar-refractivity contribution in [1.29, 1.82) is 0 Å². The fraction of sp³-hybridized carbons (Fsp3) is 0.636. The van der Waals surface area contributed by atoms with Crippen LogP contribution in [0.5, 0.6) is 0 Å². The van der Waals surface area contributed by atoms with E-state index in [9.17, 15) is 4.79 Å². The molecule has 1 amide bonds. The molecule has 2 heterocycles. The number of amides is 1. The Kier molecular flexibility index (Phi) is 7.71. The van der Waals surface area contributed by atoms with E-state index >= 15 is 0 Å². The average Bonchev–Trinajstić information content (AvgIpc) is 3.21. The maximum Gasteiger partial charge on any atom is 0.221 e. The average molecular weight is 386 g/mol. The maximum atomic E-state index is 11.4. The molecule has 2 saturated heterocycles. The molecule has 0 aromatic heterocycles. The number of hydrogen-bond acceptors (Lipinski definition) is 3. The van der Waals surface area contributed by atoms with Gasteiger partial charge in [0.05, 0.1) is 5.92 Å². The Labute approximate surface area is 169 Å². The zero-order chi connectivity index (χ0) is 19.8. The highest BCUT2D eigenvalue weighted by Crippen LogP contribution is 2.26. The summed E-state index contributed by atoms with van der Waals surface area (Å²) in [4.78, 5) is 21.1. The standard InChI is InChI=1S/C22H35N5O/c1-2-24-22(27-15-11-19(17-27)18-8-4-3-5-9-18)25-12-7-14-26-13-6-10-20(16-26)21(23)28/h3-5,8-9,19-20H,2,6-7,10-17H2,1H3,(H2,23,28)(H,24,25). The maximum absolute atomic E-state index is 11.4. The first kappa shape index (κ1) is 20.6. The summed E-state index contributed by atoms with van der Waals surface area (Å²) in [5.41, 5.74) is 6.90. The number of nitrogens with one attached hydrogen (secondary N) is 1. The third-order valence-electron chi connectivity index (χ3n) is 5.90. The van der Waals surface area contributed by atoms with E-state index in [0.29, 0.717) is 5.92 Å². The van der Waals surface area contributed by atoms with Gasteiger partial charge in [0.2, 0.25) is 5.91 Å². The molecule has 1 aromatic rings. The molecule has 3 rings (SSSR count). The molecule has 0 bridgehead atoms. The number of rotatable bonds is 7. The quantitative estimate of drug-likeness (QED) is 0.428. The lowest BCUT2D eigenvalue weighted by Crippen LogP contribution is -2.42. The first-order valence-corrected chi connectivity index (χ1v) is 10.8. The molecule has 1 aromatic carbocycles. The van der Waals surface area contributed by atoms with Gasteiger partial charge in [-0.15, -0.1) is 0 Å². The number of nitrogens with two attached hydrogens (primary N) is 1. The van der Waals surface area contributed by atoms with Crippen molar-refractivity contribution in [2.24, 2.45) is 16.6 Å². The van der Waals surface area contributed by atoms with E-state index in [-0.39, 0.29) is 11.8 Å². The Balaban J connectivity index is 1.47. The summed E-state index contributed by atoms with van der Waals surface area (Å²) in [6, 6.07) is 10.8. The number of likely N-dealkylation sites (tertiary alicyclic amines) is 2. The number of guanidine groups is 1. The van der Waals surface area contributed by atoms with E-state index in [1.54, 1.807) is 0 Å². The third-order valence-corrected chi connectivity index (χ3v) is 5.90. The summed E-state index contributed by atoms with van der Waals surface area (Å²) in [5, 5.41) is 3.46. The van der Waals surface area contributed by atoms with Crippen LogP contribution in [-0.2, 0) is 4.79 Å². The molecule has 0 spiro atoms. The van der Waals surface area contributed by atoms with Crippen molar-refractivity contribution in [3.63, 3.8) is 0 Å². The first-order valence-electron chi connectivity index (χ1n) is 10.8. The highest BCUT2D eigenvalue weighted by molar-refractivity contribution is 5.80. The Bertz CT molecular complexity index is 648. The molecule has 0 saturated carbocycles. The second kappa shape index (κ2) is 10.5. The van der Waals surface area contributed by atoms with Crippen molar-refractivity contribution in [3.8, 4) is 0 Å². The van der Waals surface area contributed by atoms with Gasteiger partial charge in [-0.05, 0) is 51.3 Å². The van der Waals surface area contributed by atoms with Crippen molar-refractivity contribution >= 4 is 11.9 Å². The highest BCUT2D eigenvalue weighted by Gasteiger charge is 2.26. The van der Waals surface area contributed by atoms with Gasteiger partial charge in [0, 0.05) is 38.6 Å². The Morgan fingerprint density at radius 3 is 2.79 bits per heavy atom. The number of benzene rings is 1. The fourth-order valence-corrected chi connectivity index (χ4v) is 4.35. The van der Waals surface area contributed by atoms with Crippen LogP contribution in [0.1, 0.15) is 44.1 Å². The van der Waals surface area contributed by atoms with Crippen LogP contribution in [-0.4, -0.2) is 67.5 Å².